The standard InChI is InChI=1S/C13H19N5/c1-4-12-11(6-9(3)16-17-12)13(14)10-7-15-18(5-2)8-10/h6-8,13H,4-5,14H2,1-3H3. The fraction of sp³-hybridized carbons (Fsp3) is 0.462. The lowest BCUT2D eigenvalue weighted by molar-refractivity contribution is 0.658. The molecule has 0 saturated carbocycles. The molecule has 5 nitrogen and oxygen atoms in total. The first kappa shape index (κ1) is 12.7. The van der Waals surface area contributed by atoms with Crippen LogP contribution in [-0.4, -0.2) is 20.0 Å². The Hall–Kier alpha value is -1.75. The molecule has 0 saturated heterocycles. The van der Waals surface area contributed by atoms with Crippen molar-refractivity contribution in [3.05, 3.63) is 41.0 Å². The summed E-state index contributed by atoms with van der Waals surface area (Å²) in [6, 6.07) is 1.83. The van der Waals surface area contributed by atoms with Crippen molar-refractivity contribution in [2.45, 2.75) is 39.8 Å². The van der Waals surface area contributed by atoms with Gasteiger partial charge in [0.05, 0.1) is 23.6 Å². The van der Waals surface area contributed by atoms with Gasteiger partial charge in [0.2, 0.25) is 0 Å². The highest BCUT2D eigenvalue weighted by atomic mass is 15.3. The molecule has 0 fully saturated rings. The summed E-state index contributed by atoms with van der Waals surface area (Å²) in [6.45, 7) is 6.89. The fourth-order valence-electron chi connectivity index (χ4n) is 1.97. The molecule has 0 aliphatic rings. The first-order valence-electron chi connectivity index (χ1n) is 6.26. The lowest BCUT2D eigenvalue weighted by atomic mass is 10.00. The molecule has 1 unspecified atom stereocenters. The lowest BCUT2D eigenvalue weighted by Gasteiger charge is -2.13. The maximum absolute atomic E-state index is 6.31. The van der Waals surface area contributed by atoms with Gasteiger partial charge in [0, 0.05) is 18.3 Å². The van der Waals surface area contributed by atoms with Crippen molar-refractivity contribution in [2.24, 2.45) is 5.73 Å². The quantitative estimate of drug-likeness (QED) is 0.888. The average Bonchev–Trinajstić information content (AvgIpc) is 2.86. The molecule has 96 valence electrons. The predicted octanol–water partition coefficient (Wildman–Crippen LogP) is 1.61. The molecule has 0 spiro atoms. The number of nitrogens with two attached hydrogens (primary N) is 1. The van der Waals surface area contributed by atoms with Gasteiger partial charge in [0.15, 0.2) is 0 Å². The summed E-state index contributed by atoms with van der Waals surface area (Å²) < 4.78 is 1.88. The van der Waals surface area contributed by atoms with Crippen molar-refractivity contribution in [3.8, 4) is 0 Å². The summed E-state index contributed by atoms with van der Waals surface area (Å²) in [7, 11) is 0. The number of aromatic nitrogens is 4. The van der Waals surface area contributed by atoms with Gasteiger partial charge in [-0.3, -0.25) is 4.68 Å². The van der Waals surface area contributed by atoms with Crippen LogP contribution in [0.5, 0.6) is 0 Å². The zero-order chi connectivity index (χ0) is 13.1. The van der Waals surface area contributed by atoms with Crippen LogP contribution >= 0.6 is 0 Å². The fourth-order valence-corrected chi connectivity index (χ4v) is 1.97. The SMILES string of the molecule is CCc1nnc(C)cc1C(N)c1cnn(CC)c1. The van der Waals surface area contributed by atoms with Crippen molar-refractivity contribution >= 4 is 0 Å². The Balaban J connectivity index is 2.38. The molecule has 18 heavy (non-hydrogen) atoms. The Morgan fingerprint density at radius 3 is 2.72 bits per heavy atom. The maximum atomic E-state index is 6.31. The minimum Gasteiger partial charge on any atom is -0.320 e. The van der Waals surface area contributed by atoms with E-state index in [1.807, 2.05) is 30.1 Å². The van der Waals surface area contributed by atoms with Crippen molar-refractivity contribution < 1.29 is 0 Å². The maximum Gasteiger partial charge on any atom is 0.0679 e. The zero-order valence-electron chi connectivity index (χ0n) is 11.1. The molecule has 0 aliphatic heterocycles. The van der Waals surface area contributed by atoms with Gasteiger partial charge in [-0.25, -0.2) is 0 Å². The van der Waals surface area contributed by atoms with E-state index in [4.69, 9.17) is 5.73 Å². The van der Waals surface area contributed by atoms with Crippen molar-refractivity contribution in [2.75, 3.05) is 0 Å². The van der Waals surface area contributed by atoms with Crippen LogP contribution < -0.4 is 5.73 Å². The molecule has 0 amide bonds. The second kappa shape index (κ2) is 5.27. The Kier molecular flexibility index (Phi) is 3.72. The lowest BCUT2D eigenvalue weighted by Crippen LogP contribution is -2.15. The van der Waals surface area contributed by atoms with Crippen LogP contribution in [0.2, 0.25) is 0 Å². The molecule has 1 atom stereocenters. The van der Waals surface area contributed by atoms with Crippen LogP contribution in [0.25, 0.3) is 0 Å². The molecular formula is C13H19N5. The van der Waals surface area contributed by atoms with E-state index in [0.29, 0.717) is 0 Å². The summed E-state index contributed by atoms with van der Waals surface area (Å²) in [4.78, 5) is 0. The van der Waals surface area contributed by atoms with Crippen LogP contribution in [0.3, 0.4) is 0 Å². The molecule has 2 aromatic rings. The number of nitrogens with zero attached hydrogens (tertiary/aromatic N) is 4. The van der Waals surface area contributed by atoms with Gasteiger partial charge < -0.3 is 5.73 Å². The highest BCUT2D eigenvalue weighted by molar-refractivity contribution is 5.32. The van der Waals surface area contributed by atoms with E-state index in [2.05, 4.69) is 29.1 Å². The molecular weight excluding hydrogens is 226 g/mol. The first-order valence-corrected chi connectivity index (χ1v) is 6.26. The summed E-state index contributed by atoms with van der Waals surface area (Å²) in [5.41, 5.74) is 10.2. The monoisotopic (exact) mass is 245 g/mol. The molecule has 0 aliphatic carbocycles. The molecule has 0 radical (unpaired) electrons. The average molecular weight is 245 g/mol. The van der Waals surface area contributed by atoms with Crippen molar-refractivity contribution in [1.29, 1.82) is 0 Å². The van der Waals surface area contributed by atoms with Gasteiger partial charge in [0.25, 0.3) is 0 Å². The zero-order valence-corrected chi connectivity index (χ0v) is 11.1. The summed E-state index contributed by atoms with van der Waals surface area (Å²) in [6.07, 6.45) is 4.64. The van der Waals surface area contributed by atoms with E-state index in [1.165, 1.54) is 0 Å². The smallest absolute Gasteiger partial charge is 0.0679 e. The normalized spacial score (nSPS) is 12.7. The molecule has 2 heterocycles. The second-order valence-corrected chi connectivity index (χ2v) is 4.35. The molecule has 2 aromatic heterocycles. The summed E-state index contributed by atoms with van der Waals surface area (Å²) in [5.74, 6) is 0. The van der Waals surface area contributed by atoms with E-state index in [0.717, 1.165) is 35.5 Å². The molecule has 0 aromatic carbocycles. The van der Waals surface area contributed by atoms with E-state index in [-0.39, 0.29) is 6.04 Å². The van der Waals surface area contributed by atoms with Crippen LogP contribution in [-0.2, 0) is 13.0 Å². The van der Waals surface area contributed by atoms with Crippen LogP contribution in [0, 0.1) is 6.92 Å². The van der Waals surface area contributed by atoms with E-state index in [1.54, 1.807) is 0 Å². The number of hydrogen-bond acceptors (Lipinski definition) is 4. The molecule has 5 heteroatoms. The van der Waals surface area contributed by atoms with Crippen molar-refractivity contribution in [1.82, 2.24) is 20.0 Å². The minimum absolute atomic E-state index is 0.186. The largest absolute Gasteiger partial charge is 0.320 e. The second-order valence-electron chi connectivity index (χ2n) is 4.35. The summed E-state index contributed by atoms with van der Waals surface area (Å²) in [5, 5.41) is 12.6. The van der Waals surface area contributed by atoms with Gasteiger partial charge in [-0.15, -0.1) is 0 Å². The minimum atomic E-state index is -0.186. The van der Waals surface area contributed by atoms with Gasteiger partial charge in [0.1, 0.15) is 0 Å². The van der Waals surface area contributed by atoms with Crippen LogP contribution in [0.4, 0.5) is 0 Å². The Bertz CT molecular complexity index is 532. The van der Waals surface area contributed by atoms with E-state index in [9.17, 15) is 0 Å². The molecule has 0 bridgehead atoms. The molecule has 2 N–H and O–H groups in total. The third-order valence-corrected chi connectivity index (χ3v) is 3.03. The van der Waals surface area contributed by atoms with Crippen LogP contribution in [0.15, 0.2) is 18.5 Å². The van der Waals surface area contributed by atoms with Gasteiger partial charge in [-0.05, 0) is 31.9 Å². The van der Waals surface area contributed by atoms with E-state index >= 15 is 0 Å². The highest BCUT2D eigenvalue weighted by Gasteiger charge is 2.16. The van der Waals surface area contributed by atoms with Crippen molar-refractivity contribution in [3.63, 3.8) is 0 Å². The summed E-state index contributed by atoms with van der Waals surface area (Å²) >= 11 is 0. The third kappa shape index (κ3) is 2.41. The Morgan fingerprint density at radius 2 is 2.11 bits per heavy atom. The first-order chi connectivity index (χ1) is 8.65. The van der Waals surface area contributed by atoms with E-state index < -0.39 is 0 Å². The van der Waals surface area contributed by atoms with Crippen LogP contribution in [0.1, 0.15) is 42.4 Å². The van der Waals surface area contributed by atoms with Gasteiger partial charge >= 0.3 is 0 Å². The molecule has 2 rings (SSSR count). The number of hydrogen-bond donors (Lipinski definition) is 1. The number of rotatable bonds is 4. The third-order valence-electron chi connectivity index (χ3n) is 3.03. The Labute approximate surface area is 107 Å². The predicted molar refractivity (Wildman–Crippen MR) is 70.1 cm³/mol. The Morgan fingerprint density at radius 1 is 1.33 bits per heavy atom. The number of aryl methyl sites for hydroxylation is 3. The van der Waals surface area contributed by atoms with Gasteiger partial charge in [-0.2, -0.15) is 15.3 Å². The van der Waals surface area contributed by atoms with Gasteiger partial charge in [-0.1, -0.05) is 6.92 Å². The highest BCUT2D eigenvalue weighted by Crippen LogP contribution is 2.22. The topological polar surface area (TPSA) is 69.6 Å².